The smallest absolute Gasteiger partial charge is 0.130 e. The Morgan fingerprint density at radius 2 is 2.05 bits per heavy atom. The summed E-state index contributed by atoms with van der Waals surface area (Å²) in [7, 11) is 0. The molecule has 1 aromatic rings. The van der Waals surface area contributed by atoms with Crippen molar-refractivity contribution in [2.45, 2.75) is 37.8 Å². The highest BCUT2D eigenvalue weighted by molar-refractivity contribution is 5.22. The molecule has 2 rings (SSSR count). The molecule has 1 fully saturated rings. The second-order valence-electron chi connectivity index (χ2n) is 5.45. The van der Waals surface area contributed by atoms with Crippen molar-refractivity contribution in [3.05, 3.63) is 35.4 Å². The van der Waals surface area contributed by atoms with Crippen LogP contribution >= 0.6 is 0 Å². The van der Waals surface area contributed by atoms with Gasteiger partial charge in [0.05, 0.1) is 0 Å². The molecule has 112 valence electrons. The minimum atomic E-state index is -0.590. The van der Waals surface area contributed by atoms with Gasteiger partial charge in [-0.05, 0) is 24.8 Å². The number of nitrogens with one attached hydrogen (secondary N) is 1. The maximum Gasteiger partial charge on any atom is 0.130 e. The first-order valence-corrected chi connectivity index (χ1v) is 7.17. The number of benzene rings is 1. The van der Waals surface area contributed by atoms with Gasteiger partial charge >= 0.3 is 0 Å². The van der Waals surface area contributed by atoms with Crippen molar-refractivity contribution in [1.29, 1.82) is 0 Å². The normalized spacial score (nSPS) is 24.6. The number of hydrogen-bond donors (Lipinski definition) is 3. The van der Waals surface area contributed by atoms with Crippen molar-refractivity contribution < 1.29 is 13.9 Å². The van der Waals surface area contributed by atoms with E-state index >= 15 is 0 Å². The standard InChI is InChI=1S/C15H22F2N2O/c16-11-5-6-12(13(17)7-11)15(8-18)19-14-4-2-1-3-10(14)9-20/h5-7,10,14-15,19-20H,1-4,8-9,18H2. The van der Waals surface area contributed by atoms with Gasteiger partial charge < -0.3 is 16.2 Å². The lowest BCUT2D eigenvalue weighted by molar-refractivity contribution is 0.146. The van der Waals surface area contributed by atoms with E-state index in [1.54, 1.807) is 0 Å². The molecular weight excluding hydrogens is 262 g/mol. The molecule has 5 heteroatoms. The van der Waals surface area contributed by atoms with Gasteiger partial charge in [-0.1, -0.05) is 18.9 Å². The molecule has 3 nitrogen and oxygen atoms in total. The molecule has 1 aromatic carbocycles. The number of hydrogen-bond acceptors (Lipinski definition) is 3. The molecule has 1 aliphatic rings. The number of halogens is 2. The summed E-state index contributed by atoms with van der Waals surface area (Å²) in [6.45, 7) is 0.359. The molecule has 0 spiro atoms. The van der Waals surface area contributed by atoms with E-state index in [1.165, 1.54) is 12.1 Å². The predicted octanol–water partition coefficient (Wildman–Crippen LogP) is 2.11. The largest absolute Gasteiger partial charge is 0.396 e. The lowest BCUT2D eigenvalue weighted by atomic mass is 9.84. The van der Waals surface area contributed by atoms with E-state index in [1.807, 2.05) is 0 Å². The lowest BCUT2D eigenvalue weighted by Crippen LogP contribution is -2.44. The van der Waals surface area contributed by atoms with Crippen LogP contribution in [0.25, 0.3) is 0 Å². The summed E-state index contributed by atoms with van der Waals surface area (Å²) in [5, 5.41) is 12.7. The van der Waals surface area contributed by atoms with Crippen LogP contribution < -0.4 is 11.1 Å². The Hall–Kier alpha value is -1.04. The zero-order chi connectivity index (χ0) is 14.5. The van der Waals surface area contributed by atoms with Crippen molar-refractivity contribution in [3.8, 4) is 0 Å². The van der Waals surface area contributed by atoms with E-state index in [0.717, 1.165) is 31.7 Å². The number of nitrogens with two attached hydrogens (primary N) is 1. The highest BCUT2D eigenvalue weighted by Crippen LogP contribution is 2.27. The average molecular weight is 284 g/mol. The molecular formula is C15H22F2N2O. The van der Waals surface area contributed by atoms with E-state index < -0.39 is 11.6 Å². The molecule has 3 unspecified atom stereocenters. The first kappa shape index (κ1) is 15.4. The van der Waals surface area contributed by atoms with E-state index in [9.17, 15) is 13.9 Å². The number of rotatable bonds is 5. The first-order valence-electron chi connectivity index (χ1n) is 7.17. The van der Waals surface area contributed by atoms with Crippen LogP contribution in [0.5, 0.6) is 0 Å². The van der Waals surface area contributed by atoms with E-state index in [0.29, 0.717) is 5.56 Å². The molecule has 3 atom stereocenters. The third-order valence-corrected chi connectivity index (χ3v) is 4.13. The van der Waals surface area contributed by atoms with Crippen molar-refractivity contribution >= 4 is 0 Å². The fourth-order valence-electron chi connectivity index (χ4n) is 2.97. The molecule has 0 aliphatic heterocycles. The predicted molar refractivity (Wildman–Crippen MR) is 74.1 cm³/mol. The Balaban J connectivity index is 2.11. The summed E-state index contributed by atoms with van der Waals surface area (Å²) < 4.78 is 26.8. The molecule has 1 saturated carbocycles. The van der Waals surface area contributed by atoms with Crippen molar-refractivity contribution in [2.75, 3.05) is 13.2 Å². The second kappa shape index (κ2) is 7.11. The van der Waals surface area contributed by atoms with Crippen LogP contribution in [0.3, 0.4) is 0 Å². The van der Waals surface area contributed by atoms with Crippen LogP contribution in [-0.2, 0) is 0 Å². The van der Waals surface area contributed by atoms with Gasteiger partial charge in [0.1, 0.15) is 11.6 Å². The Morgan fingerprint density at radius 3 is 2.70 bits per heavy atom. The molecule has 0 saturated heterocycles. The molecule has 0 heterocycles. The van der Waals surface area contributed by atoms with Crippen LogP contribution in [0.1, 0.15) is 37.3 Å². The van der Waals surface area contributed by atoms with Crippen LogP contribution in [0.15, 0.2) is 18.2 Å². The van der Waals surface area contributed by atoms with Crippen molar-refractivity contribution in [3.63, 3.8) is 0 Å². The average Bonchev–Trinajstić information content (AvgIpc) is 2.46. The van der Waals surface area contributed by atoms with Gasteiger partial charge in [-0.3, -0.25) is 0 Å². The van der Waals surface area contributed by atoms with E-state index in [4.69, 9.17) is 5.73 Å². The maximum absolute atomic E-state index is 13.8. The highest BCUT2D eigenvalue weighted by atomic mass is 19.1. The highest BCUT2D eigenvalue weighted by Gasteiger charge is 2.27. The monoisotopic (exact) mass is 284 g/mol. The molecule has 0 bridgehead atoms. The Morgan fingerprint density at radius 1 is 1.30 bits per heavy atom. The number of aliphatic hydroxyl groups excluding tert-OH is 1. The number of aliphatic hydroxyl groups is 1. The quantitative estimate of drug-likeness (QED) is 0.776. The molecule has 1 aliphatic carbocycles. The molecule has 0 radical (unpaired) electrons. The maximum atomic E-state index is 13.8. The van der Waals surface area contributed by atoms with E-state index in [-0.39, 0.29) is 31.2 Å². The van der Waals surface area contributed by atoms with Gasteiger partial charge in [0.25, 0.3) is 0 Å². The van der Waals surface area contributed by atoms with Crippen LogP contribution in [0, 0.1) is 17.6 Å². The lowest BCUT2D eigenvalue weighted by Gasteiger charge is -2.34. The molecule has 20 heavy (non-hydrogen) atoms. The minimum Gasteiger partial charge on any atom is -0.396 e. The Kier molecular flexibility index (Phi) is 5.46. The SMILES string of the molecule is NCC(NC1CCCCC1CO)c1ccc(F)cc1F. The molecule has 0 amide bonds. The summed E-state index contributed by atoms with van der Waals surface area (Å²) in [5.41, 5.74) is 6.12. The van der Waals surface area contributed by atoms with Crippen LogP contribution in [0.4, 0.5) is 8.78 Å². The summed E-state index contributed by atoms with van der Waals surface area (Å²) in [5.74, 6) is -0.987. The minimum absolute atomic E-state index is 0.126. The zero-order valence-corrected chi connectivity index (χ0v) is 11.5. The third-order valence-electron chi connectivity index (χ3n) is 4.13. The Bertz CT molecular complexity index is 442. The Labute approximate surface area is 118 Å². The third kappa shape index (κ3) is 3.53. The summed E-state index contributed by atoms with van der Waals surface area (Å²) >= 11 is 0. The van der Waals surface area contributed by atoms with Crippen molar-refractivity contribution in [1.82, 2.24) is 5.32 Å². The van der Waals surface area contributed by atoms with E-state index in [2.05, 4.69) is 5.32 Å². The summed E-state index contributed by atoms with van der Waals surface area (Å²) in [6, 6.07) is 3.34. The summed E-state index contributed by atoms with van der Waals surface area (Å²) in [6.07, 6.45) is 4.13. The first-order chi connectivity index (χ1) is 9.65. The zero-order valence-electron chi connectivity index (χ0n) is 11.5. The molecule has 4 N–H and O–H groups in total. The second-order valence-corrected chi connectivity index (χ2v) is 5.45. The van der Waals surface area contributed by atoms with Gasteiger partial charge in [0.2, 0.25) is 0 Å². The van der Waals surface area contributed by atoms with Crippen LogP contribution in [-0.4, -0.2) is 24.3 Å². The van der Waals surface area contributed by atoms with Gasteiger partial charge in [0, 0.05) is 36.9 Å². The fourth-order valence-corrected chi connectivity index (χ4v) is 2.97. The topological polar surface area (TPSA) is 58.3 Å². The van der Waals surface area contributed by atoms with Gasteiger partial charge in [-0.15, -0.1) is 0 Å². The van der Waals surface area contributed by atoms with Gasteiger partial charge in [-0.2, -0.15) is 0 Å². The van der Waals surface area contributed by atoms with Crippen LogP contribution in [0.2, 0.25) is 0 Å². The van der Waals surface area contributed by atoms with Crippen molar-refractivity contribution in [2.24, 2.45) is 11.7 Å². The van der Waals surface area contributed by atoms with Gasteiger partial charge in [-0.25, -0.2) is 8.78 Å². The summed E-state index contributed by atoms with van der Waals surface area (Å²) in [4.78, 5) is 0. The van der Waals surface area contributed by atoms with Gasteiger partial charge in [0.15, 0.2) is 0 Å². The molecule has 0 aromatic heterocycles. The fraction of sp³-hybridized carbons (Fsp3) is 0.600.